The number of likely N-dealkylation sites (tertiary alicyclic amines) is 1. The van der Waals surface area contributed by atoms with Crippen molar-refractivity contribution in [3.8, 4) is 0 Å². The van der Waals surface area contributed by atoms with Crippen molar-refractivity contribution in [3.63, 3.8) is 0 Å². The van der Waals surface area contributed by atoms with Crippen molar-refractivity contribution in [1.82, 2.24) is 9.80 Å². The van der Waals surface area contributed by atoms with Crippen molar-refractivity contribution in [2.24, 2.45) is 0 Å². The summed E-state index contributed by atoms with van der Waals surface area (Å²) in [5.41, 5.74) is -0.571. The van der Waals surface area contributed by atoms with Gasteiger partial charge in [-0.1, -0.05) is 23.2 Å². The van der Waals surface area contributed by atoms with E-state index in [2.05, 4.69) is 4.90 Å². The van der Waals surface area contributed by atoms with Gasteiger partial charge in [-0.3, -0.25) is 9.69 Å². The van der Waals surface area contributed by atoms with Gasteiger partial charge in [-0.25, -0.2) is 4.79 Å². The molecule has 2 aliphatic rings. The Bertz CT molecular complexity index is 674. The fourth-order valence-corrected chi connectivity index (χ4v) is 3.59. The summed E-state index contributed by atoms with van der Waals surface area (Å²) in [6.07, 6.45) is 1.14. The van der Waals surface area contributed by atoms with Gasteiger partial charge in [-0.15, -0.1) is 0 Å². The summed E-state index contributed by atoms with van der Waals surface area (Å²) in [6, 6.07) is 3.54. The van der Waals surface area contributed by atoms with E-state index in [9.17, 15) is 14.7 Å². The van der Waals surface area contributed by atoms with Gasteiger partial charge in [0.05, 0.1) is 16.7 Å². The topological polar surface area (TPSA) is 70.1 Å². The molecule has 1 N–H and O–H groups in total. The molecular weight excluding hydrogens is 355 g/mol. The van der Waals surface area contributed by atoms with Crippen LogP contribution in [0.15, 0.2) is 18.2 Å². The number of rotatable bonds is 2. The molecule has 1 spiro atoms. The Morgan fingerprint density at radius 2 is 1.92 bits per heavy atom. The van der Waals surface area contributed by atoms with Gasteiger partial charge in [-0.05, 0) is 25.2 Å². The lowest BCUT2D eigenvalue weighted by Gasteiger charge is -2.43. The number of benzene rings is 1. The van der Waals surface area contributed by atoms with Crippen molar-refractivity contribution in [2.45, 2.75) is 24.6 Å². The summed E-state index contributed by atoms with van der Waals surface area (Å²) < 4.78 is 5.85. The first-order valence-electron chi connectivity index (χ1n) is 7.68. The fourth-order valence-electron chi connectivity index (χ4n) is 3.29. The van der Waals surface area contributed by atoms with Crippen molar-refractivity contribution >= 4 is 35.1 Å². The average Bonchev–Trinajstić information content (AvgIpc) is 2.92. The van der Waals surface area contributed by atoms with Crippen molar-refractivity contribution in [1.29, 1.82) is 0 Å². The van der Waals surface area contributed by atoms with E-state index in [-0.39, 0.29) is 11.6 Å². The molecule has 1 aromatic rings. The van der Waals surface area contributed by atoms with Gasteiger partial charge in [0.1, 0.15) is 5.72 Å². The van der Waals surface area contributed by atoms with E-state index in [4.69, 9.17) is 27.9 Å². The molecule has 0 radical (unpaired) electrons. The number of carboxylic acids is 1. The van der Waals surface area contributed by atoms with Crippen LogP contribution in [0.5, 0.6) is 0 Å². The molecule has 2 fully saturated rings. The summed E-state index contributed by atoms with van der Waals surface area (Å²) >= 11 is 11.9. The van der Waals surface area contributed by atoms with Gasteiger partial charge in [0, 0.05) is 31.5 Å². The quantitative estimate of drug-likeness (QED) is 0.862. The number of carboxylic acid groups (broad SMARTS) is 1. The van der Waals surface area contributed by atoms with E-state index in [1.54, 1.807) is 6.07 Å². The highest BCUT2D eigenvalue weighted by Gasteiger charge is 2.53. The zero-order chi connectivity index (χ0) is 17.5. The van der Waals surface area contributed by atoms with Crippen molar-refractivity contribution in [3.05, 3.63) is 33.8 Å². The van der Waals surface area contributed by atoms with E-state index in [1.807, 2.05) is 7.05 Å². The molecule has 8 heteroatoms. The van der Waals surface area contributed by atoms with Crippen LogP contribution in [0.1, 0.15) is 23.2 Å². The van der Waals surface area contributed by atoms with E-state index < -0.39 is 23.6 Å². The number of aliphatic carboxylic acids is 1. The normalized spacial score (nSPS) is 23.6. The van der Waals surface area contributed by atoms with E-state index in [1.165, 1.54) is 17.0 Å². The van der Waals surface area contributed by atoms with Gasteiger partial charge in [0.15, 0.2) is 6.04 Å². The third-order valence-corrected chi connectivity index (χ3v) is 5.44. The number of hydrogen-bond acceptors (Lipinski definition) is 4. The highest BCUT2D eigenvalue weighted by atomic mass is 35.5. The molecule has 24 heavy (non-hydrogen) atoms. The van der Waals surface area contributed by atoms with Gasteiger partial charge >= 0.3 is 5.97 Å². The fraction of sp³-hybridized carbons (Fsp3) is 0.500. The minimum atomic E-state index is -1.07. The van der Waals surface area contributed by atoms with Gasteiger partial charge in [-0.2, -0.15) is 0 Å². The zero-order valence-electron chi connectivity index (χ0n) is 13.2. The largest absolute Gasteiger partial charge is 0.480 e. The molecule has 0 unspecified atom stereocenters. The summed E-state index contributed by atoms with van der Waals surface area (Å²) in [5.74, 6) is -1.47. The second-order valence-electron chi connectivity index (χ2n) is 6.22. The molecule has 1 atom stereocenters. The molecule has 130 valence electrons. The molecule has 1 amide bonds. The van der Waals surface area contributed by atoms with Crippen LogP contribution in [-0.2, 0) is 9.53 Å². The molecule has 0 bridgehead atoms. The number of amides is 1. The maximum Gasteiger partial charge on any atom is 0.328 e. The van der Waals surface area contributed by atoms with E-state index in [0.717, 1.165) is 13.1 Å². The number of ether oxygens (including phenoxy) is 1. The minimum absolute atomic E-state index is 0.00783. The van der Waals surface area contributed by atoms with Crippen LogP contribution in [0, 0.1) is 0 Å². The molecule has 0 saturated carbocycles. The molecular formula is C16H18Cl2N2O4. The first kappa shape index (κ1) is 17.5. The second-order valence-corrected chi connectivity index (χ2v) is 7.03. The van der Waals surface area contributed by atoms with Gasteiger partial charge in [0.2, 0.25) is 0 Å². The lowest BCUT2D eigenvalue weighted by molar-refractivity contribution is -0.143. The average molecular weight is 373 g/mol. The molecule has 1 aromatic carbocycles. The Hall–Kier alpha value is -1.34. The SMILES string of the molecule is CN1CCC2(CC1)OC[C@H](C(=O)O)N2C(=O)c1ccc(Cl)c(Cl)c1. The van der Waals surface area contributed by atoms with Crippen LogP contribution >= 0.6 is 23.2 Å². The second kappa shape index (κ2) is 6.52. The van der Waals surface area contributed by atoms with Crippen LogP contribution < -0.4 is 0 Å². The number of carbonyl (C=O) groups is 2. The van der Waals surface area contributed by atoms with E-state index in [0.29, 0.717) is 23.4 Å². The summed E-state index contributed by atoms with van der Waals surface area (Å²) in [7, 11) is 1.99. The monoisotopic (exact) mass is 372 g/mol. The number of halogens is 2. The predicted octanol–water partition coefficient (Wildman–Crippen LogP) is 2.34. The Morgan fingerprint density at radius 1 is 1.25 bits per heavy atom. The van der Waals surface area contributed by atoms with Crippen LogP contribution in [0.4, 0.5) is 0 Å². The summed E-state index contributed by atoms with van der Waals surface area (Å²) in [5, 5.41) is 10.1. The lowest BCUT2D eigenvalue weighted by atomic mass is 9.97. The number of piperidine rings is 1. The summed E-state index contributed by atoms with van der Waals surface area (Å²) in [4.78, 5) is 28.2. The maximum atomic E-state index is 13.0. The Balaban J connectivity index is 1.96. The highest BCUT2D eigenvalue weighted by molar-refractivity contribution is 6.42. The van der Waals surface area contributed by atoms with Gasteiger partial charge < -0.3 is 14.7 Å². The third kappa shape index (κ3) is 2.99. The van der Waals surface area contributed by atoms with Crippen LogP contribution in [-0.4, -0.2) is 65.3 Å². The molecule has 3 rings (SSSR count). The summed E-state index contributed by atoms with van der Waals surface area (Å²) in [6.45, 7) is 1.46. The van der Waals surface area contributed by atoms with Crippen molar-refractivity contribution in [2.75, 3.05) is 26.7 Å². The Morgan fingerprint density at radius 3 is 2.50 bits per heavy atom. The van der Waals surface area contributed by atoms with Crippen molar-refractivity contribution < 1.29 is 19.4 Å². The molecule has 2 saturated heterocycles. The van der Waals surface area contributed by atoms with E-state index >= 15 is 0 Å². The maximum absolute atomic E-state index is 13.0. The van der Waals surface area contributed by atoms with Crippen LogP contribution in [0.2, 0.25) is 10.0 Å². The number of nitrogens with zero attached hydrogens (tertiary/aromatic N) is 2. The Kier molecular flexibility index (Phi) is 4.75. The highest BCUT2D eigenvalue weighted by Crippen LogP contribution is 2.38. The predicted molar refractivity (Wildman–Crippen MR) is 89.5 cm³/mol. The lowest BCUT2D eigenvalue weighted by Crippen LogP contribution is -2.57. The molecule has 0 aliphatic carbocycles. The Labute approximate surface area is 149 Å². The number of hydrogen-bond donors (Lipinski definition) is 1. The molecule has 2 heterocycles. The smallest absolute Gasteiger partial charge is 0.328 e. The molecule has 6 nitrogen and oxygen atoms in total. The standard InChI is InChI=1S/C16H18Cl2N2O4/c1-19-6-4-16(5-7-19)20(13(9-24-16)15(22)23)14(21)10-2-3-11(17)12(18)8-10/h2-3,8,13H,4-7,9H2,1H3,(H,22,23)/t13-/m1/s1. The molecule has 2 aliphatic heterocycles. The van der Waals surface area contributed by atoms with Crippen LogP contribution in [0.25, 0.3) is 0 Å². The third-order valence-electron chi connectivity index (χ3n) is 4.70. The molecule has 0 aromatic heterocycles. The zero-order valence-corrected chi connectivity index (χ0v) is 14.7. The van der Waals surface area contributed by atoms with Gasteiger partial charge in [0.25, 0.3) is 5.91 Å². The number of carbonyl (C=O) groups excluding carboxylic acids is 1. The van der Waals surface area contributed by atoms with Crippen LogP contribution in [0.3, 0.4) is 0 Å². The minimum Gasteiger partial charge on any atom is -0.480 e. The first-order chi connectivity index (χ1) is 11.3. The first-order valence-corrected chi connectivity index (χ1v) is 8.44.